The number of fused-ring (bicyclic) bond motifs is 1. The molecule has 2 rings (SSSR count). The molecule has 0 aliphatic carbocycles. The highest BCUT2D eigenvalue weighted by atomic mass is 19.4. The van der Waals surface area contributed by atoms with Crippen molar-refractivity contribution in [3.63, 3.8) is 0 Å². The van der Waals surface area contributed by atoms with Gasteiger partial charge in [-0.25, -0.2) is 0 Å². The number of nitrogens with zero attached hydrogens (tertiary/aromatic N) is 1. The topological polar surface area (TPSA) is 21.7 Å². The van der Waals surface area contributed by atoms with Crippen LogP contribution in [-0.4, -0.2) is 68.5 Å². The summed E-state index contributed by atoms with van der Waals surface area (Å²) >= 11 is 0. The third-order valence-corrected chi connectivity index (χ3v) is 4.73. The Morgan fingerprint density at radius 2 is 1.11 bits per heavy atom. The Morgan fingerprint density at radius 1 is 0.750 bits per heavy atom. The van der Waals surface area contributed by atoms with Crippen LogP contribution in [0.5, 0.6) is 0 Å². The Kier molecular flexibility index (Phi) is 9.57. The van der Waals surface area contributed by atoms with Crippen LogP contribution in [0.15, 0.2) is 0 Å². The molecular weight excluding hydrogens is 409 g/mol. The summed E-state index contributed by atoms with van der Waals surface area (Å²) in [5.41, 5.74) is -5.68. The van der Waals surface area contributed by atoms with Gasteiger partial charge < -0.3 is 9.47 Å². The molecule has 0 spiro atoms. The molecule has 2 aliphatic heterocycles. The molecule has 0 amide bonds. The van der Waals surface area contributed by atoms with Crippen LogP contribution in [0.25, 0.3) is 0 Å². The Bertz CT molecular complexity index is 414. The van der Waals surface area contributed by atoms with Gasteiger partial charge in [0.2, 0.25) is 0 Å². The quantitative estimate of drug-likeness (QED) is 0.559. The summed E-state index contributed by atoms with van der Waals surface area (Å²) in [5, 5.41) is 0. The Balaban J connectivity index is 0.000000492. The van der Waals surface area contributed by atoms with Crippen molar-refractivity contribution in [2.45, 2.75) is 69.2 Å². The lowest BCUT2D eigenvalue weighted by Crippen LogP contribution is -2.67. The van der Waals surface area contributed by atoms with Crippen LogP contribution in [0.4, 0.5) is 39.5 Å². The van der Waals surface area contributed by atoms with E-state index < -0.39 is 24.1 Å². The predicted molar refractivity (Wildman–Crippen MR) is 83.9 cm³/mol. The van der Waals surface area contributed by atoms with Crippen LogP contribution < -0.4 is 0 Å². The minimum absolute atomic E-state index is 0.311. The Labute approximate surface area is 158 Å². The Hall–Kier alpha value is -0.750. The van der Waals surface area contributed by atoms with E-state index in [0.717, 1.165) is 6.61 Å². The van der Waals surface area contributed by atoms with Gasteiger partial charge in [0.15, 0.2) is 0 Å². The van der Waals surface area contributed by atoms with E-state index in [4.69, 9.17) is 4.74 Å². The molecule has 2 aliphatic rings. The van der Waals surface area contributed by atoms with Gasteiger partial charge in [0.1, 0.15) is 0 Å². The second-order valence-electron chi connectivity index (χ2n) is 6.23. The van der Waals surface area contributed by atoms with Crippen molar-refractivity contribution in [1.82, 2.24) is 4.90 Å². The number of alkyl halides is 9. The van der Waals surface area contributed by atoms with Crippen molar-refractivity contribution in [2.24, 2.45) is 0 Å². The second-order valence-corrected chi connectivity index (χ2v) is 6.23. The molecule has 2 fully saturated rings. The lowest BCUT2D eigenvalue weighted by atomic mass is 9.95. The van der Waals surface area contributed by atoms with Gasteiger partial charge in [-0.15, -0.1) is 0 Å². The van der Waals surface area contributed by atoms with Gasteiger partial charge in [-0.3, -0.25) is 4.90 Å². The first-order valence-corrected chi connectivity index (χ1v) is 8.68. The molecule has 3 nitrogen and oxygen atoms in total. The molecule has 170 valence electrons. The highest BCUT2D eigenvalue weighted by Crippen LogP contribution is 2.54. The molecule has 28 heavy (non-hydrogen) atoms. The van der Waals surface area contributed by atoms with Gasteiger partial charge in [0.05, 0.1) is 6.61 Å². The molecule has 0 aromatic heterocycles. The fourth-order valence-electron chi connectivity index (χ4n) is 3.56. The first kappa shape index (κ1) is 27.2. The van der Waals surface area contributed by atoms with Crippen LogP contribution >= 0.6 is 0 Å². The lowest BCUT2D eigenvalue weighted by molar-refractivity contribution is -0.452. The van der Waals surface area contributed by atoms with Crippen LogP contribution in [-0.2, 0) is 9.47 Å². The van der Waals surface area contributed by atoms with Gasteiger partial charge in [0.25, 0.3) is 0 Å². The Morgan fingerprint density at radius 3 is 1.32 bits per heavy atom. The summed E-state index contributed by atoms with van der Waals surface area (Å²) in [7, 11) is 1.51. The second kappa shape index (κ2) is 9.84. The highest BCUT2D eigenvalue weighted by molar-refractivity contribution is 5.02. The van der Waals surface area contributed by atoms with Gasteiger partial charge >= 0.3 is 24.1 Å². The van der Waals surface area contributed by atoms with Gasteiger partial charge in [-0.2, -0.15) is 39.5 Å². The zero-order valence-corrected chi connectivity index (χ0v) is 16.1. The molecule has 0 atom stereocenters. The van der Waals surface area contributed by atoms with Crippen molar-refractivity contribution >= 4 is 0 Å². The zero-order chi connectivity index (χ0) is 22.4. The van der Waals surface area contributed by atoms with Crippen LogP contribution in [0.2, 0.25) is 0 Å². The minimum atomic E-state index is -6.64. The summed E-state index contributed by atoms with van der Waals surface area (Å²) in [5.74, 6) is 0. The summed E-state index contributed by atoms with van der Waals surface area (Å²) in [6, 6.07) is 0. The third-order valence-electron chi connectivity index (χ3n) is 4.73. The van der Waals surface area contributed by atoms with Crippen molar-refractivity contribution < 1.29 is 49.0 Å². The fraction of sp³-hybridized carbons (Fsp3) is 1.00. The van der Waals surface area contributed by atoms with Crippen molar-refractivity contribution in [3.05, 3.63) is 0 Å². The average molecular weight is 435 g/mol. The molecule has 0 aromatic carbocycles. The molecule has 0 N–H and O–H groups in total. The van der Waals surface area contributed by atoms with E-state index >= 15 is 0 Å². The smallest absolute Gasteiger partial charge is 0.383 e. The predicted octanol–water partition coefficient (Wildman–Crippen LogP) is 5.35. The van der Waals surface area contributed by atoms with E-state index in [1.54, 1.807) is 0 Å². The lowest BCUT2D eigenvalue weighted by Gasteiger charge is -2.36. The summed E-state index contributed by atoms with van der Waals surface area (Å²) in [6.07, 6.45) is -14.4. The maximum atomic E-state index is 11.8. The first-order valence-electron chi connectivity index (χ1n) is 8.68. The van der Waals surface area contributed by atoms with Gasteiger partial charge in [-0.05, 0) is 38.8 Å². The number of ether oxygens (including phenoxy) is 2. The fourth-order valence-corrected chi connectivity index (χ4v) is 3.56. The van der Waals surface area contributed by atoms with Crippen molar-refractivity contribution in [1.29, 1.82) is 0 Å². The standard InChI is InChI=1S/C9H17NO.C5H3F9O.C2H6/c1-11-8-9-4-2-6-10(9)7-3-5-9;1-15-2(3(6,7)8,4(9,10)11)5(12,13)14;1-2/h2-8H2,1H3;1H3;1-2H3. The van der Waals surface area contributed by atoms with Crippen LogP contribution in [0.1, 0.15) is 39.5 Å². The highest BCUT2D eigenvalue weighted by Gasteiger charge is 2.85. The molecular formula is C16H26F9NO2. The van der Waals surface area contributed by atoms with Crippen molar-refractivity contribution in [3.8, 4) is 0 Å². The van der Waals surface area contributed by atoms with Crippen LogP contribution in [0, 0.1) is 0 Å². The summed E-state index contributed by atoms with van der Waals surface area (Å²) < 4.78 is 114. The summed E-state index contributed by atoms with van der Waals surface area (Å²) in [6.45, 7) is 7.57. The van der Waals surface area contributed by atoms with E-state index in [9.17, 15) is 39.5 Å². The maximum Gasteiger partial charge on any atom is 0.435 e. The molecule has 2 heterocycles. The van der Waals surface area contributed by atoms with Gasteiger partial charge in [0, 0.05) is 19.8 Å². The van der Waals surface area contributed by atoms with Gasteiger partial charge in [-0.1, -0.05) is 13.8 Å². The summed E-state index contributed by atoms with van der Waals surface area (Å²) in [4.78, 5) is 2.62. The first-order chi connectivity index (χ1) is 12.7. The number of rotatable bonds is 3. The molecule has 2 saturated heterocycles. The number of hydrogen-bond donors (Lipinski definition) is 0. The largest absolute Gasteiger partial charge is 0.435 e. The monoisotopic (exact) mass is 435 g/mol. The molecule has 0 bridgehead atoms. The maximum absolute atomic E-state index is 11.8. The SMILES string of the molecule is CC.COC(C(F)(F)F)(C(F)(F)F)C(F)(F)F.COCC12CCCN1CCC2. The van der Waals surface area contributed by atoms with E-state index in [0.29, 0.717) is 5.54 Å². The van der Waals surface area contributed by atoms with Crippen molar-refractivity contribution in [2.75, 3.05) is 33.9 Å². The molecule has 0 unspecified atom stereocenters. The number of hydrogen-bond acceptors (Lipinski definition) is 3. The molecule has 0 saturated carbocycles. The van der Waals surface area contributed by atoms with E-state index in [1.807, 2.05) is 21.0 Å². The zero-order valence-electron chi connectivity index (χ0n) is 16.1. The molecule has 0 aromatic rings. The minimum Gasteiger partial charge on any atom is -0.383 e. The van der Waals surface area contributed by atoms with E-state index in [1.165, 1.54) is 38.8 Å². The average Bonchev–Trinajstić information content (AvgIpc) is 3.06. The van der Waals surface area contributed by atoms with E-state index in [-0.39, 0.29) is 7.11 Å². The van der Waals surface area contributed by atoms with E-state index in [2.05, 4.69) is 9.64 Å². The normalized spacial score (nSPS) is 20.0. The van der Waals surface area contributed by atoms with Crippen LogP contribution in [0.3, 0.4) is 0 Å². The number of methoxy groups -OCH3 is 2. The number of halogens is 9. The third kappa shape index (κ3) is 5.24. The molecule has 0 radical (unpaired) electrons. The molecule has 12 heteroatoms.